The highest BCUT2D eigenvalue weighted by atomic mass is 35.5. The number of carbonyl (C=O) groups is 1. The van der Waals surface area contributed by atoms with Crippen molar-refractivity contribution in [3.63, 3.8) is 0 Å². The molecular weight excluding hydrogens is 174 g/mol. The molecule has 0 amide bonds. The summed E-state index contributed by atoms with van der Waals surface area (Å²) in [7, 11) is 0. The normalized spacial score (nSPS) is 31.3. The van der Waals surface area contributed by atoms with Gasteiger partial charge in [0.15, 0.2) is 0 Å². The maximum Gasteiger partial charge on any atom is 0.320 e. The highest BCUT2D eigenvalue weighted by molar-refractivity contribution is 7.81. The Bertz CT molecular complexity index is 133. The van der Waals surface area contributed by atoms with E-state index in [0.717, 1.165) is 0 Å². The molecule has 60 valence electrons. The van der Waals surface area contributed by atoms with Gasteiger partial charge >= 0.3 is 5.97 Å². The van der Waals surface area contributed by atoms with Crippen molar-refractivity contribution in [1.29, 1.82) is 0 Å². The van der Waals surface area contributed by atoms with Gasteiger partial charge in [-0.1, -0.05) is 0 Å². The fourth-order valence-corrected chi connectivity index (χ4v) is 1.22. The molecule has 1 heterocycles. The number of carboxylic acid groups (broad SMARTS) is 1. The van der Waals surface area contributed by atoms with Crippen LogP contribution in [0.2, 0.25) is 0 Å². The van der Waals surface area contributed by atoms with Gasteiger partial charge in [-0.15, -0.1) is 12.4 Å². The van der Waals surface area contributed by atoms with Crippen molar-refractivity contribution >= 4 is 31.0 Å². The molecule has 0 bridgehead atoms. The third kappa shape index (κ3) is 2.36. The van der Waals surface area contributed by atoms with E-state index >= 15 is 0 Å². The molecule has 2 unspecified atom stereocenters. The van der Waals surface area contributed by atoms with Crippen LogP contribution < -0.4 is 5.32 Å². The average molecular weight is 184 g/mol. The average Bonchev–Trinajstić information content (AvgIpc) is 2.14. The van der Waals surface area contributed by atoms with Gasteiger partial charge in [-0.2, -0.15) is 12.6 Å². The van der Waals surface area contributed by atoms with E-state index in [-0.39, 0.29) is 23.7 Å². The van der Waals surface area contributed by atoms with Crippen LogP contribution in [-0.2, 0) is 4.79 Å². The fourth-order valence-electron chi connectivity index (χ4n) is 0.905. The zero-order chi connectivity index (χ0) is 6.85. The summed E-state index contributed by atoms with van der Waals surface area (Å²) in [6.07, 6.45) is 0.637. The highest BCUT2D eigenvalue weighted by Crippen LogP contribution is 2.11. The summed E-state index contributed by atoms with van der Waals surface area (Å²) in [4.78, 5) is 10.3. The van der Waals surface area contributed by atoms with E-state index in [1.807, 2.05) is 0 Å². The summed E-state index contributed by atoms with van der Waals surface area (Å²) >= 11 is 4.12. The Morgan fingerprint density at radius 1 is 1.70 bits per heavy atom. The highest BCUT2D eigenvalue weighted by Gasteiger charge is 2.26. The number of nitrogens with one attached hydrogen (secondary N) is 1. The van der Waals surface area contributed by atoms with Crippen LogP contribution in [0.5, 0.6) is 0 Å². The minimum atomic E-state index is -0.772. The Hall–Kier alpha value is 0.0700. The summed E-state index contributed by atoms with van der Waals surface area (Å²) in [5.74, 6) is -0.772. The lowest BCUT2D eigenvalue weighted by Crippen LogP contribution is -2.29. The number of carboxylic acids is 1. The van der Waals surface area contributed by atoms with Gasteiger partial charge in [0.25, 0.3) is 0 Å². The molecule has 1 saturated heterocycles. The minimum absolute atomic E-state index is 0. The van der Waals surface area contributed by atoms with Crippen molar-refractivity contribution in [1.82, 2.24) is 5.32 Å². The topological polar surface area (TPSA) is 49.3 Å². The summed E-state index contributed by atoms with van der Waals surface area (Å²) < 4.78 is 0. The van der Waals surface area contributed by atoms with Gasteiger partial charge < -0.3 is 10.4 Å². The van der Waals surface area contributed by atoms with E-state index < -0.39 is 5.97 Å². The fraction of sp³-hybridized carbons (Fsp3) is 0.800. The molecule has 3 nitrogen and oxygen atoms in total. The monoisotopic (exact) mass is 183 g/mol. The number of halogens is 1. The summed E-state index contributed by atoms with van der Waals surface area (Å²) in [5, 5.41) is 11.5. The van der Waals surface area contributed by atoms with Crippen LogP contribution in [0.25, 0.3) is 0 Å². The molecular formula is C5H10ClNO2S. The predicted molar refractivity (Wildman–Crippen MR) is 44.1 cm³/mol. The second-order valence-corrected chi connectivity index (χ2v) is 2.92. The van der Waals surface area contributed by atoms with Crippen LogP contribution in [-0.4, -0.2) is 28.9 Å². The van der Waals surface area contributed by atoms with E-state index in [1.54, 1.807) is 0 Å². The number of hydrogen-bond donors (Lipinski definition) is 3. The van der Waals surface area contributed by atoms with Crippen molar-refractivity contribution in [3.05, 3.63) is 0 Å². The molecule has 0 spiro atoms. The zero-order valence-electron chi connectivity index (χ0n) is 5.28. The first-order chi connectivity index (χ1) is 4.20. The Morgan fingerprint density at radius 2 is 2.30 bits per heavy atom. The summed E-state index contributed by atoms with van der Waals surface area (Å²) in [5.41, 5.74) is 0. The maximum absolute atomic E-state index is 10.3. The third-order valence-corrected chi connectivity index (χ3v) is 1.80. The molecule has 0 aromatic carbocycles. The lowest BCUT2D eigenvalue weighted by atomic mass is 10.2. The van der Waals surface area contributed by atoms with E-state index in [4.69, 9.17) is 5.11 Å². The van der Waals surface area contributed by atoms with Crippen molar-refractivity contribution in [2.24, 2.45) is 0 Å². The zero-order valence-corrected chi connectivity index (χ0v) is 6.99. The largest absolute Gasteiger partial charge is 0.480 e. The Balaban J connectivity index is 0.000000810. The lowest BCUT2D eigenvalue weighted by molar-refractivity contribution is -0.139. The smallest absolute Gasteiger partial charge is 0.320 e. The standard InChI is InChI=1S/C5H9NO2S.ClH/c7-5(8)4-1-3(9)2-6-4;/h3-4,6,9H,1-2H2,(H,7,8);1H. The first-order valence-electron chi connectivity index (χ1n) is 2.84. The molecule has 0 aromatic heterocycles. The number of thiol groups is 1. The van der Waals surface area contributed by atoms with Crippen LogP contribution in [0.4, 0.5) is 0 Å². The third-order valence-electron chi connectivity index (χ3n) is 1.41. The minimum Gasteiger partial charge on any atom is -0.480 e. The molecule has 2 atom stereocenters. The summed E-state index contributed by atoms with van der Waals surface area (Å²) in [6.45, 7) is 0.708. The van der Waals surface area contributed by atoms with Crippen LogP contribution in [0.15, 0.2) is 0 Å². The molecule has 1 fully saturated rings. The Kier molecular flexibility index (Phi) is 4.08. The van der Waals surface area contributed by atoms with E-state index in [1.165, 1.54) is 0 Å². The molecule has 5 heteroatoms. The number of aliphatic carboxylic acids is 1. The van der Waals surface area contributed by atoms with Crippen LogP contribution in [0.1, 0.15) is 6.42 Å². The van der Waals surface area contributed by atoms with Crippen molar-refractivity contribution < 1.29 is 9.90 Å². The van der Waals surface area contributed by atoms with Gasteiger partial charge in [-0.25, -0.2) is 0 Å². The second-order valence-electron chi connectivity index (χ2n) is 2.19. The van der Waals surface area contributed by atoms with E-state index in [0.29, 0.717) is 13.0 Å². The van der Waals surface area contributed by atoms with Crippen molar-refractivity contribution in [3.8, 4) is 0 Å². The first kappa shape index (κ1) is 10.1. The van der Waals surface area contributed by atoms with Crippen LogP contribution >= 0.6 is 25.0 Å². The van der Waals surface area contributed by atoms with Gasteiger partial charge in [-0.3, -0.25) is 4.79 Å². The van der Waals surface area contributed by atoms with Gasteiger partial charge in [0.1, 0.15) is 6.04 Å². The Morgan fingerprint density at radius 3 is 2.50 bits per heavy atom. The first-order valence-corrected chi connectivity index (χ1v) is 3.36. The van der Waals surface area contributed by atoms with Crippen molar-refractivity contribution in [2.45, 2.75) is 17.7 Å². The molecule has 1 rings (SSSR count). The van der Waals surface area contributed by atoms with E-state index in [9.17, 15) is 4.79 Å². The quantitative estimate of drug-likeness (QED) is 0.508. The van der Waals surface area contributed by atoms with Gasteiger partial charge in [-0.05, 0) is 6.42 Å². The predicted octanol–water partition coefficient (Wildman–Crippen LogP) is 0.153. The molecule has 1 aliphatic rings. The molecule has 10 heavy (non-hydrogen) atoms. The molecule has 0 aromatic rings. The van der Waals surface area contributed by atoms with E-state index in [2.05, 4.69) is 17.9 Å². The molecule has 0 saturated carbocycles. The maximum atomic E-state index is 10.3. The van der Waals surface area contributed by atoms with Gasteiger partial charge in [0.2, 0.25) is 0 Å². The van der Waals surface area contributed by atoms with Crippen molar-refractivity contribution in [2.75, 3.05) is 6.54 Å². The van der Waals surface area contributed by atoms with Gasteiger partial charge in [0.05, 0.1) is 0 Å². The molecule has 0 radical (unpaired) electrons. The lowest BCUT2D eigenvalue weighted by Gasteiger charge is -1.99. The second kappa shape index (κ2) is 4.05. The number of rotatable bonds is 1. The summed E-state index contributed by atoms with van der Waals surface area (Å²) in [6, 6.07) is -0.368. The molecule has 1 aliphatic heterocycles. The van der Waals surface area contributed by atoms with Crippen LogP contribution in [0, 0.1) is 0 Å². The van der Waals surface area contributed by atoms with Crippen LogP contribution in [0.3, 0.4) is 0 Å². The molecule has 2 N–H and O–H groups in total. The number of hydrogen-bond acceptors (Lipinski definition) is 3. The molecule has 0 aliphatic carbocycles. The van der Waals surface area contributed by atoms with Gasteiger partial charge in [0, 0.05) is 11.8 Å². The SMILES string of the molecule is Cl.O=C(O)C1CC(S)CN1. The Labute approximate surface area is 71.0 Å².